The minimum Gasteiger partial charge on any atom is -0.493 e. The van der Waals surface area contributed by atoms with Gasteiger partial charge in [-0.1, -0.05) is 30.3 Å². The van der Waals surface area contributed by atoms with Crippen LogP contribution in [0.5, 0.6) is 11.5 Å². The summed E-state index contributed by atoms with van der Waals surface area (Å²) >= 11 is 0. The fourth-order valence-electron chi connectivity index (χ4n) is 2.68. The summed E-state index contributed by atoms with van der Waals surface area (Å²) in [5.41, 5.74) is 5.76. The lowest BCUT2D eigenvalue weighted by Gasteiger charge is -2.11. The minimum atomic E-state index is -0.608. The molecule has 0 unspecified atom stereocenters. The molecule has 30 heavy (non-hydrogen) atoms. The predicted molar refractivity (Wildman–Crippen MR) is 109 cm³/mol. The predicted octanol–water partition coefficient (Wildman–Crippen LogP) is 1.39. The van der Waals surface area contributed by atoms with Gasteiger partial charge in [-0.2, -0.15) is 5.10 Å². The third kappa shape index (κ3) is 4.82. The van der Waals surface area contributed by atoms with Crippen LogP contribution < -0.4 is 25.9 Å². The van der Waals surface area contributed by atoms with Crippen LogP contribution in [0.4, 0.5) is 0 Å². The first-order valence-corrected chi connectivity index (χ1v) is 8.96. The standard InChI is InChI=1S/C21H20N4O5/c1-29-17-10-8-15(12-18(17)30-2)21(28)23-22-19(26)13-25-20(27)11-9-16(24-25)14-6-4-3-5-7-14/h3-12H,13H2,1-2H3,(H,22,26)(H,23,28). The zero-order valence-electron chi connectivity index (χ0n) is 16.4. The van der Waals surface area contributed by atoms with Crippen LogP contribution in [0.1, 0.15) is 10.4 Å². The molecule has 2 N–H and O–H groups in total. The normalized spacial score (nSPS) is 10.2. The number of methoxy groups -OCH3 is 2. The number of hydrogen-bond acceptors (Lipinski definition) is 6. The summed E-state index contributed by atoms with van der Waals surface area (Å²) < 4.78 is 11.3. The van der Waals surface area contributed by atoms with Crippen molar-refractivity contribution in [2.75, 3.05) is 14.2 Å². The molecule has 0 aliphatic rings. The van der Waals surface area contributed by atoms with Crippen LogP contribution >= 0.6 is 0 Å². The van der Waals surface area contributed by atoms with Crippen molar-refractivity contribution >= 4 is 11.8 Å². The second kappa shape index (κ2) is 9.37. The highest BCUT2D eigenvalue weighted by Gasteiger charge is 2.13. The third-order valence-corrected chi connectivity index (χ3v) is 4.19. The van der Waals surface area contributed by atoms with E-state index in [4.69, 9.17) is 9.47 Å². The van der Waals surface area contributed by atoms with Crippen LogP contribution in [0.15, 0.2) is 65.5 Å². The van der Waals surface area contributed by atoms with E-state index in [-0.39, 0.29) is 12.1 Å². The quantitative estimate of drug-likeness (QED) is 0.596. The van der Waals surface area contributed by atoms with E-state index in [9.17, 15) is 14.4 Å². The van der Waals surface area contributed by atoms with Gasteiger partial charge in [-0.25, -0.2) is 4.68 Å². The fraction of sp³-hybridized carbons (Fsp3) is 0.143. The molecule has 9 heteroatoms. The van der Waals surface area contributed by atoms with Gasteiger partial charge in [0, 0.05) is 17.2 Å². The van der Waals surface area contributed by atoms with E-state index in [0.29, 0.717) is 17.2 Å². The molecule has 3 rings (SSSR count). The van der Waals surface area contributed by atoms with Crippen LogP contribution in [0.2, 0.25) is 0 Å². The molecule has 0 atom stereocenters. The van der Waals surface area contributed by atoms with Gasteiger partial charge in [-0.15, -0.1) is 0 Å². The van der Waals surface area contributed by atoms with Gasteiger partial charge in [0.25, 0.3) is 17.4 Å². The van der Waals surface area contributed by atoms with Gasteiger partial charge in [0.15, 0.2) is 11.5 Å². The molecule has 2 aromatic carbocycles. The van der Waals surface area contributed by atoms with Crippen molar-refractivity contribution in [1.82, 2.24) is 20.6 Å². The summed E-state index contributed by atoms with van der Waals surface area (Å²) in [5, 5.41) is 4.21. The van der Waals surface area contributed by atoms with Gasteiger partial charge in [-0.05, 0) is 24.3 Å². The average Bonchev–Trinajstić information content (AvgIpc) is 2.79. The maximum absolute atomic E-state index is 12.3. The lowest BCUT2D eigenvalue weighted by Crippen LogP contribution is -2.44. The van der Waals surface area contributed by atoms with Crippen molar-refractivity contribution in [3.8, 4) is 22.8 Å². The Kier molecular flexibility index (Phi) is 6.43. The Balaban J connectivity index is 1.65. The number of carbonyl (C=O) groups is 2. The van der Waals surface area contributed by atoms with Crippen LogP contribution in [0.3, 0.4) is 0 Å². The van der Waals surface area contributed by atoms with Crippen molar-refractivity contribution < 1.29 is 19.1 Å². The molecule has 0 aliphatic carbocycles. The van der Waals surface area contributed by atoms with Crippen molar-refractivity contribution in [3.63, 3.8) is 0 Å². The molecule has 1 aromatic heterocycles. The summed E-state index contributed by atoms with van der Waals surface area (Å²) in [6.07, 6.45) is 0. The van der Waals surface area contributed by atoms with Crippen LogP contribution in [-0.4, -0.2) is 35.8 Å². The molecule has 0 fully saturated rings. The van der Waals surface area contributed by atoms with Gasteiger partial charge in [0.2, 0.25) is 0 Å². The number of hydrazine groups is 1. The third-order valence-electron chi connectivity index (χ3n) is 4.19. The lowest BCUT2D eigenvalue weighted by molar-refractivity contribution is -0.122. The van der Waals surface area contributed by atoms with E-state index in [2.05, 4.69) is 16.0 Å². The van der Waals surface area contributed by atoms with E-state index in [0.717, 1.165) is 10.2 Å². The first kappa shape index (κ1) is 20.6. The first-order chi connectivity index (χ1) is 14.5. The van der Waals surface area contributed by atoms with E-state index in [1.54, 1.807) is 12.1 Å². The summed E-state index contributed by atoms with van der Waals surface area (Å²) in [4.78, 5) is 36.5. The van der Waals surface area contributed by atoms with Gasteiger partial charge in [-0.3, -0.25) is 25.2 Å². The Bertz CT molecular complexity index is 1110. The number of amides is 2. The van der Waals surface area contributed by atoms with Gasteiger partial charge < -0.3 is 9.47 Å². The lowest BCUT2D eigenvalue weighted by atomic mass is 10.1. The molecule has 0 spiro atoms. The number of nitrogens with one attached hydrogen (secondary N) is 2. The number of nitrogens with zero attached hydrogens (tertiary/aromatic N) is 2. The number of hydrogen-bond donors (Lipinski definition) is 2. The molecule has 2 amide bonds. The highest BCUT2D eigenvalue weighted by Crippen LogP contribution is 2.27. The Morgan fingerprint density at radius 2 is 1.67 bits per heavy atom. The minimum absolute atomic E-state index is 0.259. The molecule has 9 nitrogen and oxygen atoms in total. The second-order valence-corrected chi connectivity index (χ2v) is 6.15. The number of aromatic nitrogens is 2. The molecular weight excluding hydrogens is 388 g/mol. The summed E-state index contributed by atoms with van der Waals surface area (Å²) in [7, 11) is 2.94. The SMILES string of the molecule is COc1ccc(C(=O)NNC(=O)Cn2nc(-c3ccccc3)ccc2=O)cc1OC. The van der Waals surface area contributed by atoms with Crippen LogP contribution in [0, 0.1) is 0 Å². The maximum Gasteiger partial charge on any atom is 0.269 e. The molecule has 0 saturated carbocycles. The van der Waals surface area contributed by atoms with Gasteiger partial charge >= 0.3 is 0 Å². The highest BCUT2D eigenvalue weighted by molar-refractivity contribution is 5.96. The molecule has 0 saturated heterocycles. The van der Waals surface area contributed by atoms with E-state index in [1.807, 2.05) is 30.3 Å². The average molecular weight is 408 g/mol. The summed E-state index contributed by atoms with van der Waals surface area (Å²) in [5.74, 6) is -0.307. The maximum atomic E-state index is 12.3. The van der Waals surface area contributed by atoms with Gasteiger partial charge in [0.1, 0.15) is 6.54 Å². The Morgan fingerprint density at radius 1 is 0.933 bits per heavy atom. The monoisotopic (exact) mass is 408 g/mol. The molecule has 0 radical (unpaired) electrons. The zero-order chi connectivity index (χ0) is 21.5. The molecule has 1 heterocycles. The molecule has 154 valence electrons. The Labute approximate surface area is 172 Å². The Morgan fingerprint density at radius 3 is 2.37 bits per heavy atom. The van der Waals surface area contributed by atoms with Crippen molar-refractivity contribution in [1.29, 1.82) is 0 Å². The smallest absolute Gasteiger partial charge is 0.269 e. The van der Waals surface area contributed by atoms with E-state index in [1.165, 1.54) is 32.4 Å². The largest absolute Gasteiger partial charge is 0.493 e. The molecule has 0 aliphatic heterocycles. The van der Waals surface area contributed by atoms with E-state index < -0.39 is 17.4 Å². The summed E-state index contributed by atoms with van der Waals surface area (Å²) in [6.45, 7) is -0.355. The molecular formula is C21H20N4O5. The zero-order valence-corrected chi connectivity index (χ0v) is 16.4. The topological polar surface area (TPSA) is 112 Å². The molecule has 0 bridgehead atoms. The fourth-order valence-corrected chi connectivity index (χ4v) is 2.68. The first-order valence-electron chi connectivity index (χ1n) is 8.96. The van der Waals surface area contributed by atoms with E-state index >= 15 is 0 Å². The molecule has 3 aromatic rings. The van der Waals surface area contributed by atoms with Crippen molar-refractivity contribution in [3.05, 3.63) is 76.6 Å². The summed E-state index contributed by atoms with van der Waals surface area (Å²) in [6, 6.07) is 16.8. The van der Waals surface area contributed by atoms with Crippen molar-refractivity contribution in [2.45, 2.75) is 6.54 Å². The number of benzene rings is 2. The van der Waals surface area contributed by atoms with Crippen molar-refractivity contribution in [2.24, 2.45) is 0 Å². The Hall–Kier alpha value is -4.14. The highest BCUT2D eigenvalue weighted by atomic mass is 16.5. The number of carbonyl (C=O) groups excluding carboxylic acids is 2. The second-order valence-electron chi connectivity index (χ2n) is 6.15. The van der Waals surface area contributed by atoms with Crippen LogP contribution in [0.25, 0.3) is 11.3 Å². The van der Waals surface area contributed by atoms with Crippen LogP contribution in [-0.2, 0) is 11.3 Å². The number of ether oxygens (including phenoxy) is 2. The number of rotatable bonds is 6. The van der Waals surface area contributed by atoms with Gasteiger partial charge in [0.05, 0.1) is 19.9 Å².